The lowest BCUT2D eigenvalue weighted by atomic mass is 9.92. The molecule has 4 aromatic heterocycles. The van der Waals surface area contributed by atoms with E-state index in [9.17, 15) is 14.4 Å². The summed E-state index contributed by atoms with van der Waals surface area (Å²) < 4.78 is 10.7. The van der Waals surface area contributed by atoms with Gasteiger partial charge in [0, 0.05) is 48.1 Å². The Morgan fingerprint density at radius 2 is 1.83 bits per heavy atom. The van der Waals surface area contributed by atoms with Crippen LogP contribution in [0.2, 0.25) is 0 Å². The number of fused-ring (bicyclic) bond motifs is 2. The van der Waals surface area contributed by atoms with Gasteiger partial charge in [0.05, 0.1) is 25.5 Å². The van der Waals surface area contributed by atoms with Crippen LogP contribution in [0.1, 0.15) is 54.4 Å². The van der Waals surface area contributed by atoms with Gasteiger partial charge in [-0.25, -0.2) is 14.5 Å². The van der Waals surface area contributed by atoms with Gasteiger partial charge in [-0.15, -0.1) is 0 Å². The molecule has 13 nitrogen and oxygen atoms in total. The predicted molar refractivity (Wildman–Crippen MR) is 172 cm³/mol. The molecule has 236 valence electrons. The van der Waals surface area contributed by atoms with Crippen LogP contribution in [0, 0.1) is 5.92 Å². The summed E-state index contributed by atoms with van der Waals surface area (Å²) in [7, 11) is 0. The fraction of sp³-hybridized carbons (Fsp3) is 0.333. The SMILES string of the molecule is CC(C)C(=O)N1CCC(c2cc(-c3ccc(NC(=O)c4c5n(n(-c6ccccn6)c4=O)CCOC5)cc3)c3c(N)ncnn23)CC1. The Labute approximate surface area is 264 Å². The van der Waals surface area contributed by atoms with Crippen LogP contribution in [0.4, 0.5) is 11.5 Å². The van der Waals surface area contributed by atoms with Gasteiger partial charge in [0.25, 0.3) is 11.5 Å². The second-order valence-electron chi connectivity index (χ2n) is 12.0. The molecule has 1 fully saturated rings. The summed E-state index contributed by atoms with van der Waals surface area (Å²) in [6.45, 7) is 6.27. The summed E-state index contributed by atoms with van der Waals surface area (Å²) in [6.07, 6.45) is 4.72. The molecule has 6 heterocycles. The Balaban J connectivity index is 1.16. The second-order valence-corrected chi connectivity index (χ2v) is 12.0. The maximum Gasteiger partial charge on any atom is 0.286 e. The first kappa shape index (κ1) is 29.4. The third-order valence-electron chi connectivity index (χ3n) is 8.81. The van der Waals surface area contributed by atoms with Gasteiger partial charge in [-0.3, -0.25) is 19.1 Å². The van der Waals surface area contributed by atoms with Crippen molar-refractivity contribution in [1.82, 2.24) is 33.8 Å². The van der Waals surface area contributed by atoms with Crippen LogP contribution in [0.3, 0.4) is 0 Å². The van der Waals surface area contributed by atoms with E-state index in [0.717, 1.165) is 29.7 Å². The number of nitrogen functional groups attached to an aromatic ring is 1. The van der Waals surface area contributed by atoms with Gasteiger partial charge >= 0.3 is 0 Å². The van der Waals surface area contributed by atoms with Gasteiger partial charge in [-0.05, 0) is 48.7 Å². The highest BCUT2D eigenvalue weighted by Crippen LogP contribution is 2.37. The van der Waals surface area contributed by atoms with Crippen molar-refractivity contribution in [3.8, 4) is 16.9 Å². The molecule has 5 aromatic rings. The summed E-state index contributed by atoms with van der Waals surface area (Å²) in [5.74, 6) is 0.658. The Hall–Kier alpha value is -5.30. The first-order chi connectivity index (χ1) is 22.3. The zero-order valence-corrected chi connectivity index (χ0v) is 25.7. The Morgan fingerprint density at radius 1 is 1.04 bits per heavy atom. The van der Waals surface area contributed by atoms with E-state index < -0.39 is 11.5 Å². The van der Waals surface area contributed by atoms with Gasteiger partial charge in [0.2, 0.25) is 5.91 Å². The number of nitrogens with two attached hydrogens (primary N) is 1. The number of carbonyl (C=O) groups excluding carboxylic acids is 2. The maximum absolute atomic E-state index is 13.5. The molecule has 0 spiro atoms. The van der Waals surface area contributed by atoms with E-state index >= 15 is 0 Å². The molecule has 0 bridgehead atoms. The molecule has 2 amide bonds. The molecule has 1 saturated heterocycles. The quantitative estimate of drug-likeness (QED) is 0.292. The molecule has 0 atom stereocenters. The molecule has 1 aromatic carbocycles. The van der Waals surface area contributed by atoms with E-state index in [-0.39, 0.29) is 29.9 Å². The number of nitrogens with one attached hydrogen (secondary N) is 1. The number of anilines is 2. The number of aromatic nitrogens is 6. The van der Waals surface area contributed by atoms with Crippen molar-refractivity contribution in [1.29, 1.82) is 0 Å². The van der Waals surface area contributed by atoms with Crippen molar-refractivity contribution in [3.05, 3.63) is 88.4 Å². The van der Waals surface area contributed by atoms with Crippen LogP contribution in [0.5, 0.6) is 0 Å². The van der Waals surface area contributed by atoms with Crippen molar-refractivity contribution in [3.63, 3.8) is 0 Å². The van der Waals surface area contributed by atoms with Crippen molar-refractivity contribution in [2.75, 3.05) is 30.7 Å². The van der Waals surface area contributed by atoms with Crippen molar-refractivity contribution < 1.29 is 14.3 Å². The second kappa shape index (κ2) is 11.9. The molecule has 7 rings (SSSR count). The number of carbonyl (C=O) groups is 2. The van der Waals surface area contributed by atoms with E-state index in [1.807, 2.05) is 35.4 Å². The maximum atomic E-state index is 13.5. The molecule has 3 N–H and O–H groups in total. The third-order valence-corrected chi connectivity index (χ3v) is 8.81. The minimum Gasteiger partial charge on any atom is -0.382 e. The zero-order valence-electron chi connectivity index (χ0n) is 25.7. The van der Waals surface area contributed by atoms with E-state index in [1.165, 1.54) is 11.0 Å². The van der Waals surface area contributed by atoms with Gasteiger partial charge in [-0.1, -0.05) is 32.0 Å². The molecular formula is C33H35N9O4. The number of nitrogens with zero attached hydrogens (tertiary/aromatic N) is 7. The van der Waals surface area contributed by atoms with Gasteiger partial charge in [-0.2, -0.15) is 9.78 Å². The molecule has 0 radical (unpaired) electrons. The molecular weight excluding hydrogens is 586 g/mol. The highest BCUT2D eigenvalue weighted by Gasteiger charge is 2.30. The molecule has 2 aliphatic heterocycles. The van der Waals surface area contributed by atoms with Crippen molar-refractivity contribution in [2.24, 2.45) is 5.92 Å². The molecule has 2 aliphatic rings. The van der Waals surface area contributed by atoms with E-state index in [2.05, 4.69) is 26.4 Å². The number of benzene rings is 1. The average Bonchev–Trinajstić information content (AvgIpc) is 3.61. The van der Waals surface area contributed by atoms with E-state index in [1.54, 1.807) is 41.2 Å². The molecule has 0 saturated carbocycles. The number of rotatable bonds is 6. The van der Waals surface area contributed by atoms with Crippen molar-refractivity contribution >= 4 is 28.8 Å². The highest BCUT2D eigenvalue weighted by atomic mass is 16.5. The Morgan fingerprint density at radius 3 is 2.54 bits per heavy atom. The number of hydrogen-bond acceptors (Lipinski definition) is 8. The fourth-order valence-corrected chi connectivity index (χ4v) is 6.52. The number of hydrogen-bond donors (Lipinski definition) is 2. The van der Waals surface area contributed by atoms with Crippen LogP contribution in [0.25, 0.3) is 22.5 Å². The molecule has 13 heteroatoms. The monoisotopic (exact) mass is 621 g/mol. The lowest BCUT2D eigenvalue weighted by molar-refractivity contribution is -0.135. The lowest BCUT2D eigenvalue weighted by Crippen LogP contribution is -2.40. The normalized spacial score (nSPS) is 15.3. The summed E-state index contributed by atoms with van der Waals surface area (Å²) in [5, 5.41) is 7.43. The Kier molecular flexibility index (Phi) is 7.61. The van der Waals surface area contributed by atoms with Gasteiger partial charge < -0.3 is 20.7 Å². The standard InChI is InChI=1S/C33H35N9O4/c1-20(2)32(44)39-13-10-22(11-14-39)25-17-24(29-30(34)36-19-37-41(25)29)21-6-8-23(9-7-21)38-31(43)28-26-18-46-16-15-40(26)42(33(28)45)27-5-3-4-12-35-27/h3-9,12,17,19-20,22H,10-11,13-16,18H2,1-2H3,(H,38,43)(H2,34,36,37). The lowest BCUT2D eigenvalue weighted by Gasteiger charge is -2.33. The largest absolute Gasteiger partial charge is 0.382 e. The van der Waals surface area contributed by atoms with Crippen LogP contribution in [-0.4, -0.2) is 65.4 Å². The average molecular weight is 622 g/mol. The number of piperidine rings is 1. The number of amides is 2. The first-order valence-corrected chi connectivity index (χ1v) is 15.5. The molecule has 0 aliphatic carbocycles. The third kappa shape index (κ3) is 5.11. The summed E-state index contributed by atoms with van der Waals surface area (Å²) in [5.41, 5.74) is 10.5. The summed E-state index contributed by atoms with van der Waals surface area (Å²) >= 11 is 0. The smallest absolute Gasteiger partial charge is 0.286 e. The zero-order chi connectivity index (χ0) is 31.9. The Bertz CT molecular complexity index is 1990. The van der Waals surface area contributed by atoms with Crippen LogP contribution in [0.15, 0.2) is 65.8 Å². The van der Waals surface area contributed by atoms with Gasteiger partial charge in [0.15, 0.2) is 11.6 Å². The summed E-state index contributed by atoms with van der Waals surface area (Å²) in [4.78, 5) is 50.1. The van der Waals surface area contributed by atoms with E-state index in [4.69, 9.17) is 10.5 Å². The minimum absolute atomic E-state index is 0.0224. The summed E-state index contributed by atoms with van der Waals surface area (Å²) in [6, 6.07) is 14.8. The fourth-order valence-electron chi connectivity index (χ4n) is 6.52. The predicted octanol–water partition coefficient (Wildman–Crippen LogP) is 3.47. The first-order valence-electron chi connectivity index (χ1n) is 15.5. The topological polar surface area (TPSA) is 155 Å². The number of pyridine rings is 1. The number of likely N-dealkylation sites (tertiary alicyclic amines) is 1. The minimum atomic E-state index is -0.516. The number of ether oxygens (including phenoxy) is 1. The van der Waals surface area contributed by atoms with Crippen LogP contribution in [-0.2, 0) is 22.7 Å². The molecule has 46 heavy (non-hydrogen) atoms. The molecule has 0 unspecified atom stereocenters. The highest BCUT2D eigenvalue weighted by molar-refractivity contribution is 6.05. The van der Waals surface area contributed by atoms with Crippen LogP contribution < -0.4 is 16.6 Å². The van der Waals surface area contributed by atoms with Crippen molar-refractivity contribution in [2.45, 2.75) is 45.8 Å². The van der Waals surface area contributed by atoms with E-state index in [0.29, 0.717) is 54.8 Å². The van der Waals surface area contributed by atoms with Gasteiger partial charge in [0.1, 0.15) is 17.4 Å². The van der Waals surface area contributed by atoms with Crippen LogP contribution >= 0.6 is 0 Å².